The van der Waals surface area contributed by atoms with E-state index in [1.165, 1.54) is 4.88 Å². The number of aromatic nitrogens is 1. The van der Waals surface area contributed by atoms with Gasteiger partial charge in [-0.3, -0.25) is 4.79 Å². The molecule has 116 valence electrons. The molecule has 1 atom stereocenters. The van der Waals surface area contributed by atoms with Gasteiger partial charge in [-0.25, -0.2) is 4.98 Å². The number of nitrogens with zero attached hydrogens (tertiary/aromatic N) is 1. The monoisotopic (exact) mass is 336 g/mol. The van der Waals surface area contributed by atoms with Crippen LogP contribution in [0.1, 0.15) is 22.0 Å². The minimum absolute atomic E-state index is 0.0114. The number of hydrogen-bond acceptors (Lipinski definition) is 4. The zero-order chi connectivity index (χ0) is 15.7. The number of methoxy groups -OCH3 is 1. The molecule has 0 aliphatic heterocycles. The number of ether oxygens (including phenoxy) is 1. The molecule has 0 fully saturated rings. The molecular formula is C16H17ClN2O2S. The molecule has 0 bridgehead atoms. The molecule has 3 rings (SSSR count). The molecule has 1 unspecified atom stereocenters. The van der Waals surface area contributed by atoms with Crippen molar-refractivity contribution in [3.05, 3.63) is 38.8 Å². The van der Waals surface area contributed by atoms with Crippen molar-refractivity contribution in [1.29, 1.82) is 0 Å². The lowest BCUT2D eigenvalue weighted by Crippen LogP contribution is -2.27. The molecule has 22 heavy (non-hydrogen) atoms. The van der Waals surface area contributed by atoms with E-state index >= 15 is 0 Å². The van der Waals surface area contributed by atoms with Crippen LogP contribution in [0.5, 0.6) is 5.75 Å². The maximum atomic E-state index is 12.5. The summed E-state index contributed by atoms with van der Waals surface area (Å²) in [5.41, 5.74) is 1.78. The molecule has 1 aromatic heterocycles. The number of hydrogen-bond donors (Lipinski definition) is 1. The summed E-state index contributed by atoms with van der Waals surface area (Å²) in [6.45, 7) is 2.01. The predicted octanol–water partition coefficient (Wildman–Crippen LogP) is 3.86. The lowest BCUT2D eigenvalue weighted by molar-refractivity contribution is -0.120. The largest absolute Gasteiger partial charge is 0.495 e. The summed E-state index contributed by atoms with van der Waals surface area (Å²) < 4.78 is 5.27. The zero-order valence-corrected chi connectivity index (χ0v) is 14.1. The third kappa shape index (κ3) is 3.10. The first-order chi connectivity index (χ1) is 10.6. The van der Waals surface area contributed by atoms with Crippen LogP contribution < -0.4 is 10.1 Å². The molecular weight excluding hydrogens is 320 g/mol. The topological polar surface area (TPSA) is 51.2 Å². The number of halogens is 1. The molecule has 1 aromatic carbocycles. The summed E-state index contributed by atoms with van der Waals surface area (Å²) in [6.07, 6.45) is 2.45. The minimum Gasteiger partial charge on any atom is -0.495 e. The van der Waals surface area contributed by atoms with Gasteiger partial charge in [0.05, 0.1) is 23.5 Å². The van der Waals surface area contributed by atoms with Crippen molar-refractivity contribution in [2.75, 3.05) is 12.4 Å². The molecule has 4 nitrogen and oxygen atoms in total. The lowest BCUT2D eigenvalue weighted by Gasteiger charge is -2.21. The van der Waals surface area contributed by atoms with Gasteiger partial charge in [0.2, 0.25) is 5.91 Å². The molecule has 0 saturated carbocycles. The number of carbonyl (C=O) groups is 1. The van der Waals surface area contributed by atoms with Crippen LogP contribution in [-0.4, -0.2) is 18.0 Å². The van der Waals surface area contributed by atoms with Crippen molar-refractivity contribution in [2.24, 2.45) is 5.92 Å². The average Bonchev–Trinajstić information content (AvgIpc) is 2.86. The van der Waals surface area contributed by atoms with E-state index in [0.717, 1.165) is 30.0 Å². The molecule has 1 aliphatic rings. The quantitative estimate of drug-likeness (QED) is 0.926. The predicted molar refractivity (Wildman–Crippen MR) is 89.0 cm³/mol. The van der Waals surface area contributed by atoms with E-state index in [-0.39, 0.29) is 11.8 Å². The minimum atomic E-state index is -0.0314. The molecule has 2 aromatic rings. The fourth-order valence-corrected chi connectivity index (χ4v) is 3.98. The van der Waals surface area contributed by atoms with Crippen LogP contribution in [0.3, 0.4) is 0 Å². The Morgan fingerprint density at radius 3 is 3.09 bits per heavy atom. The SMILES string of the molecule is COc1ccc(Cl)cc1NC(=O)C1CCc2nc(C)sc2C1. The number of benzene rings is 1. The number of thiazole rings is 1. The van der Waals surface area contributed by atoms with Crippen molar-refractivity contribution in [3.8, 4) is 5.75 Å². The highest BCUT2D eigenvalue weighted by atomic mass is 35.5. The van der Waals surface area contributed by atoms with Gasteiger partial charge in [0.25, 0.3) is 0 Å². The van der Waals surface area contributed by atoms with E-state index in [0.29, 0.717) is 16.5 Å². The van der Waals surface area contributed by atoms with Gasteiger partial charge in [-0.2, -0.15) is 0 Å². The Kier molecular flexibility index (Phi) is 4.36. The molecule has 0 radical (unpaired) electrons. The van der Waals surface area contributed by atoms with E-state index in [1.807, 2.05) is 6.92 Å². The molecule has 0 spiro atoms. The zero-order valence-electron chi connectivity index (χ0n) is 12.5. The molecule has 1 amide bonds. The van der Waals surface area contributed by atoms with Crippen LogP contribution in [0, 0.1) is 12.8 Å². The Labute approximate surface area is 138 Å². The van der Waals surface area contributed by atoms with Gasteiger partial charge in [0, 0.05) is 15.8 Å². The van der Waals surface area contributed by atoms with Gasteiger partial charge in [0.15, 0.2) is 0 Å². The van der Waals surface area contributed by atoms with Crippen molar-refractivity contribution < 1.29 is 9.53 Å². The number of fused-ring (bicyclic) bond motifs is 1. The summed E-state index contributed by atoms with van der Waals surface area (Å²) in [5.74, 6) is 0.594. The highest BCUT2D eigenvalue weighted by molar-refractivity contribution is 7.11. The van der Waals surface area contributed by atoms with Crippen LogP contribution in [0.4, 0.5) is 5.69 Å². The first-order valence-corrected chi connectivity index (χ1v) is 8.36. The third-order valence-electron chi connectivity index (χ3n) is 3.84. The molecule has 6 heteroatoms. The van der Waals surface area contributed by atoms with E-state index in [9.17, 15) is 4.79 Å². The number of anilines is 1. The Morgan fingerprint density at radius 2 is 2.32 bits per heavy atom. The highest BCUT2D eigenvalue weighted by Crippen LogP contribution is 2.32. The standard InChI is InChI=1S/C16H17ClN2O2S/c1-9-18-12-5-3-10(7-15(12)22-9)16(20)19-13-8-11(17)4-6-14(13)21-2/h4,6,8,10H,3,5,7H2,1-2H3,(H,19,20). The van der Waals surface area contributed by atoms with E-state index in [2.05, 4.69) is 10.3 Å². The summed E-state index contributed by atoms with van der Waals surface area (Å²) in [5, 5.41) is 4.59. The van der Waals surface area contributed by atoms with E-state index in [1.54, 1.807) is 36.6 Å². The number of aryl methyl sites for hydroxylation is 2. The summed E-state index contributed by atoms with van der Waals surface area (Å²) in [7, 11) is 1.58. The second-order valence-corrected chi connectivity index (χ2v) is 7.10. The Morgan fingerprint density at radius 1 is 1.50 bits per heavy atom. The van der Waals surface area contributed by atoms with Gasteiger partial charge in [0.1, 0.15) is 5.75 Å². The second kappa shape index (κ2) is 6.26. The molecule has 1 aliphatic carbocycles. The first-order valence-electron chi connectivity index (χ1n) is 7.16. The summed E-state index contributed by atoms with van der Waals surface area (Å²) in [6, 6.07) is 5.20. The van der Waals surface area contributed by atoms with Gasteiger partial charge >= 0.3 is 0 Å². The van der Waals surface area contributed by atoms with Crippen molar-refractivity contribution in [1.82, 2.24) is 4.98 Å². The van der Waals surface area contributed by atoms with E-state index < -0.39 is 0 Å². The number of carbonyl (C=O) groups excluding carboxylic acids is 1. The lowest BCUT2D eigenvalue weighted by atomic mass is 9.90. The first kappa shape index (κ1) is 15.3. The number of rotatable bonds is 3. The summed E-state index contributed by atoms with van der Waals surface area (Å²) >= 11 is 7.69. The molecule has 0 saturated heterocycles. The van der Waals surface area contributed by atoms with E-state index in [4.69, 9.17) is 16.3 Å². The molecule has 1 heterocycles. The van der Waals surface area contributed by atoms with Crippen LogP contribution in [0.2, 0.25) is 5.02 Å². The number of amides is 1. The number of nitrogens with one attached hydrogen (secondary N) is 1. The van der Waals surface area contributed by atoms with Crippen LogP contribution in [-0.2, 0) is 17.6 Å². The maximum Gasteiger partial charge on any atom is 0.227 e. The van der Waals surface area contributed by atoms with Crippen LogP contribution in [0.25, 0.3) is 0 Å². The molecule has 1 N–H and O–H groups in total. The highest BCUT2D eigenvalue weighted by Gasteiger charge is 2.27. The second-order valence-electron chi connectivity index (χ2n) is 5.38. The Bertz CT molecular complexity index is 714. The van der Waals surface area contributed by atoms with Gasteiger partial charge in [-0.1, -0.05) is 11.6 Å². The Balaban J connectivity index is 1.74. The van der Waals surface area contributed by atoms with Crippen molar-refractivity contribution >= 4 is 34.5 Å². The smallest absolute Gasteiger partial charge is 0.227 e. The summed E-state index contributed by atoms with van der Waals surface area (Å²) in [4.78, 5) is 18.3. The Hall–Kier alpha value is -1.59. The van der Waals surface area contributed by atoms with Crippen molar-refractivity contribution in [3.63, 3.8) is 0 Å². The normalized spacial score (nSPS) is 17.0. The van der Waals surface area contributed by atoms with Crippen LogP contribution >= 0.6 is 22.9 Å². The van der Waals surface area contributed by atoms with Gasteiger partial charge in [-0.05, 0) is 44.4 Å². The van der Waals surface area contributed by atoms with Gasteiger partial charge in [-0.15, -0.1) is 11.3 Å². The fourth-order valence-electron chi connectivity index (χ4n) is 2.74. The average molecular weight is 337 g/mol. The fraction of sp³-hybridized carbons (Fsp3) is 0.375. The third-order valence-corrected chi connectivity index (χ3v) is 5.11. The van der Waals surface area contributed by atoms with Crippen LogP contribution in [0.15, 0.2) is 18.2 Å². The maximum absolute atomic E-state index is 12.5. The van der Waals surface area contributed by atoms with Gasteiger partial charge < -0.3 is 10.1 Å². The van der Waals surface area contributed by atoms with Crippen molar-refractivity contribution in [2.45, 2.75) is 26.2 Å².